The average Bonchev–Trinajstić information content (AvgIpc) is 3.49. The molecule has 0 radical (unpaired) electrons. The van der Waals surface area contributed by atoms with Gasteiger partial charge in [0.25, 0.3) is 11.5 Å². The van der Waals surface area contributed by atoms with Crippen LogP contribution >= 0.6 is 0 Å². The van der Waals surface area contributed by atoms with Crippen LogP contribution in [-0.2, 0) is 6.54 Å². The number of carbonyl (C=O) groups is 1. The molecule has 2 aliphatic rings. The van der Waals surface area contributed by atoms with Crippen LogP contribution in [0.25, 0.3) is 0 Å². The van der Waals surface area contributed by atoms with Gasteiger partial charge in [-0.2, -0.15) is 0 Å². The molecule has 1 aliphatic heterocycles. The number of hydrogen-bond acceptors (Lipinski definition) is 5. The molecule has 0 N–H and O–H groups in total. The Kier molecular flexibility index (Phi) is 4.29. The molecule has 1 aliphatic carbocycles. The van der Waals surface area contributed by atoms with Crippen LogP contribution in [0.3, 0.4) is 0 Å². The zero-order chi connectivity index (χ0) is 17.2. The first-order chi connectivity index (χ1) is 12.2. The number of carbonyl (C=O) groups excluding carboxylic acids is 1. The minimum Gasteiger partial charge on any atom is -0.337 e. The summed E-state index contributed by atoms with van der Waals surface area (Å²) >= 11 is 0. The van der Waals surface area contributed by atoms with Crippen molar-refractivity contribution in [2.45, 2.75) is 38.1 Å². The number of hydrogen-bond donors (Lipinski definition) is 0. The van der Waals surface area contributed by atoms with Gasteiger partial charge in [-0.3, -0.25) is 19.1 Å². The number of aromatic nitrogens is 4. The molecule has 1 amide bonds. The predicted octanol–water partition coefficient (Wildman–Crippen LogP) is 1.46. The molecule has 0 unspecified atom stereocenters. The van der Waals surface area contributed by atoms with Crippen molar-refractivity contribution in [2.24, 2.45) is 5.92 Å². The first-order valence-corrected chi connectivity index (χ1v) is 8.82. The van der Waals surface area contributed by atoms with E-state index in [1.54, 1.807) is 23.2 Å². The Morgan fingerprint density at radius 3 is 2.56 bits per heavy atom. The first kappa shape index (κ1) is 15.9. The van der Waals surface area contributed by atoms with Crippen molar-refractivity contribution < 1.29 is 4.79 Å². The van der Waals surface area contributed by atoms with E-state index in [1.807, 2.05) is 4.90 Å². The van der Waals surface area contributed by atoms with Crippen LogP contribution in [-0.4, -0.2) is 43.4 Å². The SMILES string of the molecule is O=C(c1cnccn1)N1CCC(Cn2cnc(C3CC3)cc2=O)CC1. The third-order valence-corrected chi connectivity index (χ3v) is 5.04. The standard InChI is InChI=1S/C18H21N5O2/c24-17-9-15(14-1-2-14)21-12-23(17)11-13-3-7-22(8-4-13)18(25)16-10-19-5-6-20-16/h5-6,9-10,12-14H,1-4,7-8,11H2. The van der Waals surface area contributed by atoms with Crippen LogP contribution in [0.2, 0.25) is 0 Å². The van der Waals surface area contributed by atoms with Crippen molar-refractivity contribution in [3.8, 4) is 0 Å². The number of likely N-dealkylation sites (tertiary alicyclic amines) is 1. The second-order valence-corrected chi connectivity index (χ2v) is 6.90. The highest BCUT2D eigenvalue weighted by Gasteiger charge is 2.27. The van der Waals surface area contributed by atoms with Crippen molar-refractivity contribution in [2.75, 3.05) is 13.1 Å². The van der Waals surface area contributed by atoms with E-state index in [1.165, 1.54) is 12.4 Å². The summed E-state index contributed by atoms with van der Waals surface area (Å²) < 4.78 is 1.71. The van der Waals surface area contributed by atoms with Gasteiger partial charge in [-0.1, -0.05) is 0 Å². The second kappa shape index (κ2) is 6.74. The summed E-state index contributed by atoms with van der Waals surface area (Å²) in [5, 5.41) is 0. The number of nitrogens with zero attached hydrogens (tertiary/aromatic N) is 5. The lowest BCUT2D eigenvalue weighted by Gasteiger charge is -2.31. The van der Waals surface area contributed by atoms with Gasteiger partial charge in [0.1, 0.15) is 5.69 Å². The molecule has 0 aromatic carbocycles. The van der Waals surface area contributed by atoms with Gasteiger partial charge in [0.15, 0.2) is 0 Å². The Balaban J connectivity index is 1.34. The Hall–Kier alpha value is -2.57. The Bertz CT molecular complexity index is 808. The van der Waals surface area contributed by atoms with Gasteiger partial charge in [-0.05, 0) is 31.6 Å². The Labute approximate surface area is 145 Å². The van der Waals surface area contributed by atoms with Gasteiger partial charge in [-0.15, -0.1) is 0 Å². The van der Waals surface area contributed by atoms with Crippen LogP contribution in [0, 0.1) is 5.92 Å². The van der Waals surface area contributed by atoms with E-state index >= 15 is 0 Å². The summed E-state index contributed by atoms with van der Waals surface area (Å²) in [5.41, 5.74) is 1.36. The van der Waals surface area contributed by atoms with E-state index in [-0.39, 0.29) is 11.5 Å². The maximum Gasteiger partial charge on any atom is 0.274 e. The minimum atomic E-state index is -0.0702. The highest BCUT2D eigenvalue weighted by molar-refractivity contribution is 5.91. The van der Waals surface area contributed by atoms with Gasteiger partial charge >= 0.3 is 0 Å². The fourth-order valence-electron chi connectivity index (χ4n) is 3.35. The number of rotatable bonds is 4. The number of amides is 1. The zero-order valence-electron chi connectivity index (χ0n) is 14.0. The molecule has 2 aromatic heterocycles. The average molecular weight is 339 g/mol. The second-order valence-electron chi connectivity index (χ2n) is 6.90. The molecule has 0 bridgehead atoms. The molecule has 3 heterocycles. The lowest BCUT2D eigenvalue weighted by atomic mass is 9.96. The highest BCUT2D eigenvalue weighted by Crippen LogP contribution is 2.38. The summed E-state index contributed by atoms with van der Waals surface area (Å²) in [6.45, 7) is 2.04. The normalized spacial score (nSPS) is 18.3. The van der Waals surface area contributed by atoms with Gasteiger partial charge in [-0.25, -0.2) is 9.97 Å². The molecule has 1 saturated heterocycles. The molecular weight excluding hydrogens is 318 g/mol. The van der Waals surface area contributed by atoms with Crippen molar-refractivity contribution >= 4 is 5.91 Å². The van der Waals surface area contributed by atoms with Crippen LogP contribution in [0.4, 0.5) is 0 Å². The van der Waals surface area contributed by atoms with E-state index in [0.717, 1.165) is 31.4 Å². The van der Waals surface area contributed by atoms with Crippen LogP contribution in [0.15, 0.2) is 35.8 Å². The predicted molar refractivity (Wildman–Crippen MR) is 91.1 cm³/mol. The van der Waals surface area contributed by atoms with E-state index < -0.39 is 0 Å². The van der Waals surface area contributed by atoms with Crippen molar-refractivity contribution in [3.05, 3.63) is 52.7 Å². The van der Waals surface area contributed by atoms with Crippen molar-refractivity contribution in [3.63, 3.8) is 0 Å². The smallest absolute Gasteiger partial charge is 0.274 e. The first-order valence-electron chi connectivity index (χ1n) is 8.82. The molecule has 7 heteroatoms. The van der Waals surface area contributed by atoms with Gasteiger partial charge in [0.2, 0.25) is 0 Å². The summed E-state index contributed by atoms with van der Waals surface area (Å²) in [6.07, 6.45) is 10.3. The topological polar surface area (TPSA) is 81.0 Å². The Morgan fingerprint density at radius 1 is 1.12 bits per heavy atom. The maximum absolute atomic E-state index is 12.4. The summed E-state index contributed by atoms with van der Waals surface area (Å²) in [4.78, 5) is 38.9. The molecule has 25 heavy (non-hydrogen) atoms. The van der Waals surface area contributed by atoms with Crippen LogP contribution in [0.1, 0.15) is 47.8 Å². The fourth-order valence-corrected chi connectivity index (χ4v) is 3.35. The molecule has 4 rings (SSSR count). The van der Waals surface area contributed by atoms with Gasteiger partial charge < -0.3 is 4.90 Å². The van der Waals surface area contributed by atoms with Crippen LogP contribution < -0.4 is 5.56 Å². The van der Waals surface area contributed by atoms with Gasteiger partial charge in [0, 0.05) is 44.0 Å². The maximum atomic E-state index is 12.4. The number of piperidine rings is 1. The monoisotopic (exact) mass is 339 g/mol. The fraction of sp³-hybridized carbons (Fsp3) is 0.500. The highest BCUT2D eigenvalue weighted by atomic mass is 16.2. The lowest BCUT2D eigenvalue weighted by molar-refractivity contribution is 0.0676. The Morgan fingerprint density at radius 2 is 1.92 bits per heavy atom. The van der Waals surface area contributed by atoms with E-state index in [9.17, 15) is 9.59 Å². The molecule has 2 fully saturated rings. The van der Waals surface area contributed by atoms with Crippen LogP contribution in [0.5, 0.6) is 0 Å². The largest absolute Gasteiger partial charge is 0.337 e. The van der Waals surface area contributed by atoms with E-state index in [2.05, 4.69) is 15.0 Å². The summed E-state index contributed by atoms with van der Waals surface area (Å²) in [6, 6.07) is 1.68. The van der Waals surface area contributed by atoms with Crippen molar-refractivity contribution in [1.82, 2.24) is 24.4 Å². The van der Waals surface area contributed by atoms with Crippen molar-refractivity contribution in [1.29, 1.82) is 0 Å². The molecule has 130 valence electrons. The molecule has 7 nitrogen and oxygen atoms in total. The third kappa shape index (κ3) is 3.60. The zero-order valence-corrected chi connectivity index (χ0v) is 14.0. The van der Waals surface area contributed by atoms with Gasteiger partial charge in [0.05, 0.1) is 18.2 Å². The quantitative estimate of drug-likeness (QED) is 0.842. The summed E-state index contributed by atoms with van der Waals surface area (Å²) in [7, 11) is 0. The lowest BCUT2D eigenvalue weighted by Crippen LogP contribution is -2.40. The molecular formula is C18H21N5O2. The summed E-state index contributed by atoms with van der Waals surface area (Å²) in [5.74, 6) is 0.814. The molecule has 1 saturated carbocycles. The molecule has 0 atom stereocenters. The molecule has 2 aromatic rings. The minimum absolute atomic E-state index is 0.0370. The molecule has 0 spiro atoms. The van der Waals surface area contributed by atoms with E-state index in [4.69, 9.17) is 0 Å². The third-order valence-electron chi connectivity index (χ3n) is 5.04. The van der Waals surface area contributed by atoms with E-state index in [0.29, 0.717) is 37.2 Å².